The fourth-order valence-corrected chi connectivity index (χ4v) is 4.08. The number of imidazole rings is 1. The van der Waals surface area contributed by atoms with Crippen molar-refractivity contribution in [1.82, 2.24) is 19.4 Å². The number of aryl methyl sites for hydroxylation is 2. The Morgan fingerprint density at radius 3 is 2.71 bits per heavy atom. The molecule has 0 atom stereocenters. The number of hydrogen-bond donors (Lipinski definition) is 0. The summed E-state index contributed by atoms with van der Waals surface area (Å²) in [6.45, 7) is 5.09. The van der Waals surface area contributed by atoms with Crippen molar-refractivity contribution in [2.75, 3.05) is 31.1 Å². The monoisotopic (exact) mass is 341 g/mol. The lowest BCUT2D eigenvalue weighted by molar-refractivity contribution is 0.0731. The van der Waals surface area contributed by atoms with Crippen molar-refractivity contribution in [1.29, 1.82) is 0 Å². The highest BCUT2D eigenvalue weighted by Crippen LogP contribution is 2.30. The van der Waals surface area contributed by atoms with Crippen LogP contribution in [0, 0.1) is 6.92 Å². The highest BCUT2D eigenvalue weighted by atomic mass is 32.1. The lowest BCUT2D eigenvalue weighted by Gasteiger charge is -2.34. The molecule has 0 aliphatic carbocycles. The standard InChI is InChI=1S/C17H19N5OS/c1-12-3-4-13-14(11-12)24-17(19-13)22-9-7-21(8-10-22)16(23)15-18-5-6-20(15)2/h3-6,11H,7-10H2,1-2H3. The Hall–Kier alpha value is -2.41. The van der Waals surface area contributed by atoms with E-state index in [0.717, 1.165) is 23.7 Å². The van der Waals surface area contributed by atoms with Gasteiger partial charge in [0.1, 0.15) is 0 Å². The average Bonchev–Trinajstić information content (AvgIpc) is 3.20. The van der Waals surface area contributed by atoms with Gasteiger partial charge in [-0.25, -0.2) is 9.97 Å². The van der Waals surface area contributed by atoms with Crippen LogP contribution in [0.5, 0.6) is 0 Å². The summed E-state index contributed by atoms with van der Waals surface area (Å²) in [7, 11) is 1.85. The fourth-order valence-electron chi connectivity index (χ4n) is 2.97. The molecule has 0 radical (unpaired) electrons. The Morgan fingerprint density at radius 1 is 1.21 bits per heavy atom. The van der Waals surface area contributed by atoms with E-state index in [1.807, 2.05) is 11.9 Å². The molecule has 3 aromatic rings. The van der Waals surface area contributed by atoms with Crippen molar-refractivity contribution in [2.45, 2.75) is 6.92 Å². The third kappa shape index (κ3) is 2.65. The Balaban J connectivity index is 1.47. The van der Waals surface area contributed by atoms with E-state index in [1.54, 1.807) is 28.3 Å². The molecule has 0 saturated carbocycles. The normalized spacial score (nSPS) is 15.2. The van der Waals surface area contributed by atoms with Gasteiger partial charge in [-0.2, -0.15) is 0 Å². The lowest BCUT2D eigenvalue weighted by Crippen LogP contribution is -2.49. The van der Waals surface area contributed by atoms with Gasteiger partial charge in [0, 0.05) is 45.6 Å². The van der Waals surface area contributed by atoms with Crippen molar-refractivity contribution in [3.63, 3.8) is 0 Å². The number of benzene rings is 1. The van der Waals surface area contributed by atoms with Crippen LogP contribution in [0.15, 0.2) is 30.6 Å². The van der Waals surface area contributed by atoms with Gasteiger partial charge in [-0.15, -0.1) is 0 Å². The van der Waals surface area contributed by atoms with Crippen LogP contribution in [0.4, 0.5) is 5.13 Å². The number of amides is 1. The number of thiazole rings is 1. The van der Waals surface area contributed by atoms with Crippen LogP contribution in [0.2, 0.25) is 0 Å². The SMILES string of the molecule is Cc1ccc2nc(N3CCN(C(=O)c4nccn4C)CC3)sc2c1. The van der Waals surface area contributed by atoms with E-state index < -0.39 is 0 Å². The van der Waals surface area contributed by atoms with Crippen LogP contribution in [-0.4, -0.2) is 51.5 Å². The van der Waals surface area contributed by atoms with Crippen LogP contribution in [0.25, 0.3) is 10.2 Å². The summed E-state index contributed by atoms with van der Waals surface area (Å²) in [5.41, 5.74) is 2.30. The molecule has 1 saturated heterocycles. The van der Waals surface area contributed by atoms with E-state index >= 15 is 0 Å². The highest BCUT2D eigenvalue weighted by molar-refractivity contribution is 7.22. The molecule has 7 heteroatoms. The van der Waals surface area contributed by atoms with Crippen LogP contribution in [-0.2, 0) is 7.05 Å². The summed E-state index contributed by atoms with van der Waals surface area (Å²) in [4.78, 5) is 25.5. The van der Waals surface area contributed by atoms with Gasteiger partial charge < -0.3 is 14.4 Å². The largest absolute Gasteiger partial charge is 0.345 e. The van der Waals surface area contributed by atoms with Gasteiger partial charge >= 0.3 is 0 Å². The number of carbonyl (C=O) groups is 1. The second-order valence-electron chi connectivity index (χ2n) is 6.11. The Labute approximate surface area is 144 Å². The van der Waals surface area contributed by atoms with Gasteiger partial charge in [0.2, 0.25) is 0 Å². The van der Waals surface area contributed by atoms with Crippen LogP contribution in [0.3, 0.4) is 0 Å². The van der Waals surface area contributed by atoms with Gasteiger partial charge in [0.15, 0.2) is 11.0 Å². The molecule has 1 amide bonds. The van der Waals surface area contributed by atoms with Crippen LogP contribution in [0.1, 0.15) is 16.2 Å². The van der Waals surface area contributed by atoms with E-state index in [0.29, 0.717) is 18.9 Å². The maximum atomic E-state index is 12.5. The maximum Gasteiger partial charge on any atom is 0.289 e. The number of piperazine rings is 1. The van der Waals surface area contributed by atoms with E-state index in [4.69, 9.17) is 4.98 Å². The van der Waals surface area contributed by atoms with Gasteiger partial charge in [-0.1, -0.05) is 17.4 Å². The first-order valence-corrected chi connectivity index (χ1v) is 8.82. The van der Waals surface area contributed by atoms with Gasteiger partial charge in [0.25, 0.3) is 5.91 Å². The predicted molar refractivity (Wildman–Crippen MR) is 95.7 cm³/mol. The van der Waals surface area contributed by atoms with E-state index in [1.165, 1.54) is 10.3 Å². The Morgan fingerprint density at radius 2 is 2.00 bits per heavy atom. The average molecular weight is 341 g/mol. The first-order valence-electron chi connectivity index (χ1n) is 8.00. The maximum absolute atomic E-state index is 12.5. The first-order chi connectivity index (χ1) is 11.6. The topological polar surface area (TPSA) is 54.3 Å². The van der Waals surface area contributed by atoms with Crippen LogP contribution >= 0.6 is 11.3 Å². The zero-order chi connectivity index (χ0) is 16.7. The zero-order valence-electron chi connectivity index (χ0n) is 13.8. The fraction of sp³-hybridized carbons (Fsp3) is 0.353. The second-order valence-corrected chi connectivity index (χ2v) is 7.12. The van der Waals surface area contributed by atoms with E-state index in [-0.39, 0.29) is 5.91 Å². The number of aromatic nitrogens is 3. The lowest BCUT2D eigenvalue weighted by atomic mass is 10.2. The van der Waals surface area contributed by atoms with Gasteiger partial charge in [-0.3, -0.25) is 4.79 Å². The molecule has 0 N–H and O–H groups in total. The van der Waals surface area contributed by atoms with Gasteiger partial charge in [0.05, 0.1) is 10.2 Å². The minimum atomic E-state index is 0.00192. The highest BCUT2D eigenvalue weighted by Gasteiger charge is 2.25. The summed E-state index contributed by atoms with van der Waals surface area (Å²) in [5.74, 6) is 0.501. The molecule has 0 unspecified atom stereocenters. The molecule has 1 aromatic carbocycles. The molecule has 1 aliphatic heterocycles. The molecular formula is C17H19N5OS. The Kier molecular flexibility index (Phi) is 3.72. The number of hydrogen-bond acceptors (Lipinski definition) is 5. The number of fused-ring (bicyclic) bond motifs is 1. The zero-order valence-corrected chi connectivity index (χ0v) is 14.6. The molecule has 3 heterocycles. The minimum absolute atomic E-state index is 0.00192. The first kappa shape index (κ1) is 15.1. The summed E-state index contributed by atoms with van der Waals surface area (Å²) >= 11 is 1.72. The van der Waals surface area contributed by atoms with Crippen molar-refractivity contribution in [2.24, 2.45) is 7.05 Å². The van der Waals surface area contributed by atoms with Crippen molar-refractivity contribution < 1.29 is 4.79 Å². The summed E-state index contributed by atoms with van der Waals surface area (Å²) in [5, 5.41) is 1.04. The molecule has 0 spiro atoms. The molecule has 4 rings (SSSR count). The molecule has 24 heavy (non-hydrogen) atoms. The number of nitrogens with zero attached hydrogens (tertiary/aromatic N) is 5. The van der Waals surface area contributed by atoms with Crippen LogP contribution < -0.4 is 4.90 Å². The van der Waals surface area contributed by atoms with E-state index in [2.05, 4.69) is 35.0 Å². The van der Waals surface area contributed by atoms with Gasteiger partial charge in [-0.05, 0) is 24.6 Å². The van der Waals surface area contributed by atoms with Crippen molar-refractivity contribution >= 4 is 32.6 Å². The summed E-state index contributed by atoms with van der Waals surface area (Å²) in [6, 6.07) is 6.35. The second kappa shape index (κ2) is 5.90. The third-order valence-electron chi connectivity index (χ3n) is 4.38. The van der Waals surface area contributed by atoms with E-state index in [9.17, 15) is 4.79 Å². The quantitative estimate of drug-likeness (QED) is 0.718. The van der Waals surface area contributed by atoms with Crippen molar-refractivity contribution in [3.05, 3.63) is 42.0 Å². The number of carbonyl (C=O) groups excluding carboxylic acids is 1. The molecule has 2 aromatic heterocycles. The Bertz CT molecular complexity index is 891. The summed E-state index contributed by atoms with van der Waals surface area (Å²) < 4.78 is 2.99. The predicted octanol–water partition coefficient (Wildman–Crippen LogP) is 2.30. The molecule has 6 nitrogen and oxygen atoms in total. The smallest absolute Gasteiger partial charge is 0.289 e. The van der Waals surface area contributed by atoms with Crippen molar-refractivity contribution in [3.8, 4) is 0 Å². The molecule has 0 bridgehead atoms. The molecule has 1 fully saturated rings. The number of anilines is 1. The molecular weight excluding hydrogens is 322 g/mol. The third-order valence-corrected chi connectivity index (χ3v) is 5.46. The molecule has 124 valence electrons. The molecule has 1 aliphatic rings. The minimum Gasteiger partial charge on any atom is -0.345 e. The number of rotatable bonds is 2. The summed E-state index contributed by atoms with van der Waals surface area (Å²) in [6.07, 6.45) is 3.46.